The summed E-state index contributed by atoms with van der Waals surface area (Å²) in [6.45, 7) is 1.72. The molecule has 1 unspecified atom stereocenters. The van der Waals surface area contributed by atoms with Gasteiger partial charge in [-0.15, -0.1) is 0 Å². The van der Waals surface area contributed by atoms with Crippen molar-refractivity contribution < 1.29 is 9.47 Å². The maximum atomic E-state index is 5.61. The molecule has 1 rings (SSSR count). The van der Waals surface area contributed by atoms with E-state index in [4.69, 9.17) is 9.47 Å². The van der Waals surface area contributed by atoms with Crippen LogP contribution in [0.15, 0.2) is 10.2 Å². The van der Waals surface area contributed by atoms with Crippen LogP contribution in [-0.4, -0.2) is 19.5 Å². The zero-order valence-corrected chi connectivity index (χ0v) is 10.7. The Labute approximate surface area is 100 Å². The van der Waals surface area contributed by atoms with Crippen LogP contribution >= 0.6 is 22.6 Å². The van der Waals surface area contributed by atoms with Crippen molar-refractivity contribution in [3.05, 3.63) is 10.2 Å². The Morgan fingerprint density at radius 3 is 3.00 bits per heavy atom. The summed E-state index contributed by atoms with van der Waals surface area (Å²) in [5, 5.41) is 0. The molecule has 1 heterocycles. The second kappa shape index (κ2) is 8.68. The van der Waals surface area contributed by atoms with Crippen LogP contribution in [0.3, 0.4) is 0 Å². The van der Waals surface area contributed by atoms with E-state index >= 15 is 0 Å². The molecule has 1 aliphatic rings. The molecule has 82 valence electrons. The van der Waals surface area contributed by atoms with Gasteiger partial charge in [0.05, 0.1) is 0 Å². The molecule has 0 bridgehead atoms. The summed E-state index contributed by atoms with van der Waals surface area (Å²) >= 11 is 2.25. The summed E-state index contributed by atoms with van der Waals surface area (Å²) in [5.74, 6) is 0. The first-order chi connectivity index (χ1) is 6.93. The zero-order chi connectivity index (χ0) is 10.1. The lowest BCUT2D eigenvalue weighted by molar-refractivity contribution is -0.162. The third-order valence-corrected chi connectivity index (χ3v) is 2.80. The van der Waals surface area contributed by atoms with E-state index in [0.717, 1.165) is 32.5 Å². The van der Waals surface area contributed by atoms with E-state index in [2.05, 4.69) is 32.7 Å². The topological polar surface area (TPSA) is 18.5 Å². The first-order valence-corrected chi connectivity index (χ1v) is 6.66. The number of unbranched alkanes of at least 4 members (excludes halogenated alkanes) is 2. The molecule has 0 N–H and O–H groups in total. The molecule has 14 heavy (non-hydrogen) atoms. The Morgan fingerprint density at radius 2 is 2.29 bits per heavy atom. The van der Waals surface area contributed by atoms with E-state index in [1.54, 1.807) is 0 Å². The van der Waals surface area contributed by atoms with Crippen LogP contribution < -0.4 is 0 Å². The predicted molar refractivity (Wildman–Crippen MR) is 66.6 cm³/mol. The Hall–Kier alpha value is 0.390. The van der Waals surface area contributed by atoms with Crippen LogP contribution in [0.25, 0.3) is 0 Å². The predicted octanol–water partition coefficient (Wildman–Crippen LogP) is 3.65. The molecule has 1 atom stereocenters. The van der Waals surface area contributed by atoms with Crippen LogP contribution in [0.4, 0.5) is 0 Å². The Bertz CT molecular complexity index is 153. The number of allylic oxidation sites excluding steroid dienone is 1. The van der Waals surface area contributed by atoms with Gasteiger partial charge in [0, 0.05) is 13.2 Å². The average Bonchev–Trinajstić information content (AvgIpc) is 2.25. The van der Waals surface area contributed by atoms with E-state index in [9.17, 15) is 0 Å². The van der Waals surface area contributed by atoms with Crippen LogP contribution in [0.5, 0.6) is 0 Å². The van der Waals surface area contributed by atoms with Gasteiger partial charge in [0.15, 0.2) is 6.29 Å². The molecule has 0 aromatic heterocycles. The fourth-order valence-electron chi connectivity index (χ4n) is 1.48. The fraction of sp³-hybridized carbons (Fsp3) is 0.818. The van der Waals surface area contributed by atoms with Crippen LogP contribution in [-0.2, 0) is 9.47 Å². The fourth-order valence-corrected chi connectivity index (χ4v) is 1.84. The highest BCUT2D eigenvalue weighted by Gasteiger charge is 2.12. The van der Waals surface area contributed by atoms with Gasteiger partial charge in [-0.2, -0.15) is 0 Å². The molecule has 0 saturated carbocycles. The van der Waals surface area contributed by atoms with Gasteiger partial charge in [0.1, 0.15) is 0 Å². The quantitative estimate of drug-likeness (QED) is 0.551. The lowest BCUT2D eigenvalue weighted by Crippen LogP contribution is -2.22. The van der Waals surface area contributed by atoms with Crippen molar-refractivity contribution in [2.45, 2.75) is 44.8 Å². The van der Waals surface area contributed by atoms with E-state index in [1.807, 2.05) is 0 Å². The second-order valence-electron chi connectivity index (χ2n) is 3.52. The van der Waals surface area contributed by atoms with Gasteiger partial charge in [-0.3, -0.25) is 0 Å². The summed E-state index contributed by atoms with van der Waals surface area (Å²) in [4.78, 5) is 0. The van der Waals surface area contributed by atoms with E-state index < -0.39 is 0 Å². The molecule has 0 radical (unpaired) electrons. The average molecular weight is 310 g/mol. The molecule has 0 aromatic carbocycles. The summed E-state index contributed by atoms with van der Waals surface area (Å²) in [7, 11) is 0. The molecule has 0 aromatic rings. The Kier molecular flexibility index (Phi) is 7.72. The second-order valence-corrected chi connectivity index (χ2v) is 4.24. The SMILES string of the molecule is I/C=C/CCCCOC1CCCCO1. The largest absolute Gasteiger partial charge is 0.353 e. The van der Waals surface area contributed by atoms with E-state index in [1.165, 1.54) is 19.3 Å². The first kappa shape index (κ1) is 12.5. The molecule has 3 heteroatoms. The molecular weight excluding hydrogens is 291 g/mol. The maximum absolute atomic E-state index is 5.61. The standard InChI is InChI=1S/C11H19IO2/c12-8-4-1-2-5-9-13-11-7-3-6-10-14-11/h4,8,11H,1-3,5-7,9-10H2/b8-4+. The molecule has 1 fully saturated rings. The minimum absolute atomic E-state index is 0.0869. The molecule has 2 nitrogen and oxygen atoms in total. The summed E-state index contributed by atoms with van der Waals surface area (Å²) in [6.07, 6.45) is 9.32. The van der Waals surface area contributed by atoms with Crippen molar-refractivity contribution in [2.75, 3.05) is 13.2 Å². The summed E-state index contributed by atoms with van der Waals surface area (Å²) < 4.78 is 13.2. The van der Waals surface area contributed by atoms with Crippen molar-refractivity contribution in [3.8, 4) is 0 Å². The lowest BCUT2D eigenvalue weighted by Gasteiger charge is -2.22. The summed E-state index contributed by atoms with van der Waals surface area (Å²) in [6, 6.07) is 0. The summed E-state index contributed by atoms with van der Waals surface area (Å²) in [5.41, 5.74) is 0. The highest BCUT2D eigenvalue weighted by atomic mass is 127. The van der Waals surface area contributed by atoms with Gasteiger partial charge < -0.3 is 9.47 Å². The molecule has 0 aliphatic carbocycles. The van der Waals surface area contributed by atoms with Crippen molar-refractivity contribution in [3.63, 3.8) is 0 Å². The van der Waals surface area contributed by atoms with Gasteiger partial charge in [-0.05, 0) is 42.6 Å². The van der Waals surface area contributed by atoms with Crippen molar-refractivity contribution >= 4 is 22.6 Å². The van der Waals surface area contributed by atoms with Gasteiger partial charge in [0.2, 0.25) is 0 Å². The molecular formula is C11H19IO2. The minimum atomic E-state index is 0.0869. The smallest absolute Gasteiger partial charge is 0.157 e. The van der Waals surface area contributed by atoms with Gasteiger partial charge in [0.25, 0.3) is 0 Å². The lowest BCUT2D eigenvalue weighted by atomic mass is 10.2. The molecule has 0 amide bonds. The molecule has 1 saturated heterocycles. The number of halogens is 1. The zero-order valence-electron chi connectivity index (χ0n) is 8.58. The van der Waals surface area contributed by atoms with Gasteiger partial charge in [-0.25, -0.2) is 0 Å². The maximum Gasteiger partial charge on any atom is 0.157 e. The number of hydrogen-bond acceptors (Lipinski definition) is 2. The molecule has 1 aliphatic heterocycles. The van der Waals surface area contributed by atoms with Crippen molar-refractivity contribution in [1.29, 1.82) is 0 Å². The van der Waals surface area contributed by atoms with E-state index in [0.29, 0.717) is 0 Å². The highest BCUT2D eigenvalue weighted by molar-refractivity contribution is 14.1. The molecule has 0 spiro atoms. The monoisotopic (exact) mass is 310 g/mol. The number of hydrogen-bond donors (Lipinski definition) is 0. The third-order valence-electron chi connectivity index (χ3n) is 2.30. The van der Waals surface area contributed by atoms with Gasteiger partial charge >= 0.3 is 0 Å². The Balaban J connectivity index is 1.87. The van der Waals surface area contributed by atoms with Gasteiger partial charge in [-0.1, -0.05) is 28.7 Å². The number of rotatable bonds is 6. The van der Waals surface area contributed by atoms with Crippen LogP contribution in [0.1, 0.15) is 38.5 Å². The van der Waals surface area contributed by atoms with Crippen molar-refractivity contribution in [1.82, 2.24) is 0 Å². The first-order valence-electron chi connectivity index (χ1n) is 5.42. The third kappa shape index (κ3) is 5.98. The normalized spacial score (nSPS) is 23.1. The number of ether oxygens (including phenoxy) is 2. The van der Waals surface area contributed by atoms with Crippen LogP contribution in [0, 0.1) is 0 Å². The van der Waals surface area contributed by atoms with Crippen molar-refractivity contribution in [2.24, 2.45) is 0 Å². The van der Waals surface area contributed by atoms with Crippen LogP contribution in [0.2, 0.25) is 0 Å². The Morgan fingerprint density at radius 1 is 1.36 bits per heavy atom. The van der Waals surface area contributed by atoms with E-state index in [-0.39, 0.29) is 6.29 Å². The minimum Gasteiger partial charge on any atom is -0.353 e. The highest BCUT2D eigenvalue weighted by Crippen LogP contribution is 2.14.